The summed E-state index contributed by atoms with van der Waals surface area (Å²) in [5.74, 6) is -0.937. The fourth-order valence-electron chi connectivity index (χ4n) is 1.97. The molecule has 1 fully saturated rings. The summed E-state index contributed by atoms with van der Waals surface area (Å²) in [5, 5.41) is 8.75. The molecule has 0 radical (unpaired) electrons. The molecule has 4 heteroatoms. The lowest BCUT2D eigenvalue weighted by molar-refractivity contribution is 0.0697. The summed E-state index contributed by atoms with van der Waals surface area (Å²) in [7, 11) is 0. The second kappa shape index (κ2) is 4.51. The number of hydrogen-bond acceptors (Lipinski definition) is 2. The van der Waals surface area contributed by atoms with Gasteiger partial charge in [0.15, 0.2) is 0 Å². The first kappa shape index (κ1) is 10.9. The van der Waals surface area contributed by atoms with Crippen molar-refractivity contribution >= 4 is 11.7 Å². The Balaban J connectivity index is 2.11. The van der Waals surface area contributed by atoms with Crippen molar-refractivity contribution in [3.63, 3.8) is 0 Å². The number of benzene rings is 1. The van der Waals surface area contributed by atoms with Gasteiger partial charge in [0.05, 0.1) is 5.56 Å². The Kier molecular flexibility index (Phi) is 3.08. The maximum Gasteiger partial charge on any atom is 0.335 e. The topological polar surface area (TPSA) is 40.5 Å². The molecular weight excluding hydrogens is 209 g/mol. The van der Waals surface area contributed by atoms with Crippen molar-refractivity contribution in [3.05, 3.63) is 29.8 Å². The number of anilines is 1. The number of alkyl halides is 1. The van der Waals surface area contributed by atoms with Crippen molar-refractivity contribution in [1.29, 1.82) is 0 Å². The Labute approximate surface area is 93.5 Å². The summed E-state index contributed by atoms with van der Waals surface area (Å²) >= 11 is 0. The third kappa shape index (κ3) is 2.32. The Morgan fingerprint density at radius 2 is 2.06 bits per heavy atom. The highest BCUT2D eigenvalue weighted by Gasteiger charge is 2.19. The Morgan fingerprint density at radius 3 is 2.62 bits per heavy atom. The van der Waals surface area contributed by atoms with Gasteiger partial charge in [-0.05, 0) is 37.1 Å². The van der Waals surface area contributed by atoms with Gasteiger partial charge in [-0.1, -0.05) is 0 Å². The molecule has 1 aromatic carbocycles. The summed E-state index contributed by atoms with van der Waals surface area (Å²) < 4.78 is 13.2. The molecule has 0 spiro atoms. The monoisotopic (exact) mass is 223 g/mol. The van der Waals surface area contributed by atoms with E-state index in [9.17, 15) is 9.18 Å². The van der Waals surface area contributed by atoms with Crippen molar-refractivity contribution in [3.8, 4) is 0 Å². The van der Waals surface area contributed by atoms with Crippen LogP contribution in [0.2, 0.25) is 0 Å². The van der Waals surface area contributed by atoms with Crippen LogP contribution in [0.5, 0.6) is 0 Å². The van der Waals surface area contributed by atoms with Gasteiger partial charge in [-0.2, -0.15) is 0 Å². The van der Waals surface area contributed by atoms with Gasteiger partial charge in [0, 0.05) is 18.8 Å². The zero-order valence-electron chi connectivity index (χ0n) is 8.90. The lowest BCUT2D eigenvalue weighted by Crippen LogP contribution is -2.36. The van der Waals surface area contributed by atoms with Crippen LogP contribution in [-0.4, -0.2) is 30.3 Å². The molecule has 3 nitrogen and oxygen atoms in total. The van der Waals surface area contributed by atoms with Gasteiger partial charge in [0.25, 0.3) is 0 Å². The molecule has 16 heavy (non-hydrogen) atoms. The molecule has 0 aromatic heterocycles. The number of halogens is 1. The van der Waals surface area contributed by atoms with E-state index in [2.05, 4.69) is 0 Å². The molecule has 1 unspecified atom stereocenters. The lowest BCUT2D eigenvalue weighted by atomic mass is 10.1. The highest BCUT2D eigenvalue weighted by atomic mass is 19.1. The zero-order valence-corrected chi connectivity index (χ0v) is 8.90. The molecule has 1 saturated heterocycles. The Morgan fingerprint density at radius 1 is 1.38 bits per heavy atom. The highest BCUT2D eigenvalue weighted by Crippen LogP contribution is 2.21. The summed E-state index contributed by atoms with van der Waals surface area (Å²) in [4.78, 5) is 12.6. The molecule has 86 valence electrons. The summed E-state index contributed by atoms with van der Waals surface area (Å²) in [5.41, 5.74) is 1.16. The summed E-state index contributed by atoms with van der Waals surface area (Å²) in [6.07, 6.45) is 0.707. The van der Waals surface area contributed by atoms with Crippen LogP contribution in [0.4, 0.5) is 10.1 Å². The first-order valence-corrected chi connectivity index (χ1v) is 5.39. The molecule has 2 rings (SSSR count). The normalized spacial score (nSPS) is 20.8. The predicted octanol–water partition coefficient (Wildman–Crippen LogP) is 2.32. The third-order valence-corrected chi connectivity index (χ3v) is 2.84. The van der Waals surface area contributed by atoms with Crippen LogP contribution in [0.15, 0.2) is 24.3 Å². The quantitative estimate of drug-likeness (QED) is 0.836. The molecule has 0 bridgehead atoms. The fourth-order valence-corrected chi connectivity index (χ4v) is 1.97. The first-order valence-electron chi connectivity index (χ1n) is 5.39. The van der Waals surface area contributed by atoms with Gasteiger partial charge in [0.1, 0.15) is 6.17 Å². The van der Waals surface area contributed by atoms with E-state index in [-0.39, 0.29) is 5.56 Å². The van der Waals surface area contributed by atoms with E-state index in [1.807, 2.05) is 4.90 Å². The number of carboxylic acid groups (broad SMARTS) is 1. The lowest BCUT2D eigenvalue weighted by Gasteiger charge is -2.30. The fraction of sp³-hybridized carbons (Fsp3) is 0.417. The van der Waals surface area contributed by atoms with E-state index >= 15 is 0 Å². The summed E-state index contributed by atoms with van der Waals surface area (Å²) in [6.45, 7) is 1.25. The summed E-state index contributed by atoms with van der Waals surface area (Å²) in [6, 6.07) is 6.59. The maximum atomic E-state index is 13.2. The van der Waals surface area contributed by atoms with Gasteiger partial charge in [-0.15, -0.1) is 0 Å². The van der Waals surface area contributed by atoms with Crippen LogP contribution in [-0.2, 0) is 0 Å². The van der Waals surface area contributed by atoms with E-state index in [1.54, 1.807) is 24.3 Å². The molecule has 1 aliphatic heterocycles. The van der Waals surface area contributed by atoms with Crippen molar-refractivity contribution in [2.24, 2.45) is 0 Å². The van der Waals surface area contributed by atoms with Crippen LogP contribution in [0.1, 0.15) is 23.2 Å². The van der Waals surface area contributed by atoms with Crippen LogP contribution in [0.25, 0.3) is 0 Å². The van der Waals surface area contributed by atoms with Gasteiger partial charge < -0.3 is 10.0 Å². The second-order valence-electron chi connectivity index (χ2n) is 4.04. The maximum absolute atomic E-state index is 13.2. The molecule has 1 aromatic rings. The van der Waals surface area contributed by atoms with Gasteiger partial charge in [0.2, 0.25) is 0 Å². The second-order valence-corrected chi connectivity index (χ2v) is 4.04. The minimum absolute atomic E-state index is 0.262. The number of carbonyl (C=O) groups is 1. The van der Waals surface area contributed by atoms with Crippen LogP contribution in [0.3, 0.4) is 0 Å². The standard InChI is InChI=1S/C12H14FNO2/c13-10-2-1-7-14(8-10)11-5-3-9(4-6-11)12(15)16/h3-6,10H,1-2,7-8H2,(H,15,16). The molecule has 0 saturated carbocycles. The van der Waals surface area contributed by atoms with E-state index in [0.29, 0.717) is 13.0 Å². The van der Waals surface area contributed by atoms with Gasteiger partial charge in [-0.25, -0.2) is 9.18 Å². The molecule has 1 aliphatic rings. The van der Waals surface area contributed by atoms with Gasteiger partial charge >= 0.3 is 5.97 Å². The highest BCUT2D eigenvalue weighted by molar-refractivity contribution is 5.88. The predicted molar refractivity (Wildman–Crippen MR) is 59.7 cm³/mol. The number of nitrogens with zero attached hydrogens (tertiary/aromatic N) is 1. The first-order chi connectivity index (χ1) is 7.66. The van der Waals surface area contributed by atoms with E-state index in [1.165, 1.54) is 0 Å². The number of rotatable bonds is 2. The number of hydrogen-bond donors (Lipinski definition) is 1. The van der Waals surface area contributed by atoms with Crippen molar-refractivity contribution in [2.75, 3.05) is 18.0 Å². The van der Waals surface area contributed by atoms with Gasteiger partial charge in [-0.3, -0.25) is 0 Å². The number of carboxylic acids is 1. The largest absolute Gasteiger partial charge is 0.478 e. The number of aromatic carboxylic acids is 1. The van der Waals surface area contributed by atoms with Crippen molar-refractivity contribution in [2.45, 2.75) is 19.0 Å². The Bertz CT molecular complexity index is 377. The minimum atomic E-state index is -0.937. The molecular formula is C12H14FNO2. The smallest absolute Gasteiger partial charge is 0.335 e. The van der Waals surface area contributed by atoms with Crippen LogP contribution < -0.4 is 4.90 Å². The minimum Gasteiger partial charge on any atom is -0.478 e. The van der Waals surface area contributed by atoms with Crippen molar-refractivity contribution in [1.82, 2.24) is 0 Å². The van der Waals surface area contributed by atoms with Crippen molar-refractivity contribution < 1.29 is 14.3 Å². The van der Waals surface area contributed by atoms with Crippen LogP contribution in [0, 0.1) is 0 Å². The zero-order chi connectivity index (χ0) is 11.5. The number of piperidine rings is 1. The molecule has 0 aliphatic carbocycles. The third-order valence-electron chi connectivity index (χ3n) is 2.84. The molecule has 1 atom stereocenters. The Hall–Kier alpha value is -1.58. The SMILES string of the molecule is O=C(O)c1ccc(N2CCCC(F)C2)cc1. The molecule has 0 amide bonds. The molecule has 1 heterocycles. The average Bonchev–Trinajstić information content (AvgIpc) is 2.29. The van der Waals surface area contributed by atoms with E-state index in [0.717, 1.165) is 18.7 Å². The molecule has 1 N–H and O–H groups in total. The van der Waals surface area contributed by atoms with Crippen LogP contribution >= 0.6 is 0 Å². The van der Waals surface area contributed by atoms with E-state index in [4.69, 9.17) is 5.11 Å². The van der Waals surface area contributed by atoms with E-state index < -0.39 is 12.1 Å². The average molecular weight is 223 g/mol.